The van der Waals surface area contributed by atoms with Crippen molar-refractivity contribution in [1.29, 1.82) is 0 Å². The largest absolute Gasteiger partial charge is 0.307 e. The minimum Gasteiger partial charge on any atom is -0.307 e. The van der Waals surface area contributed by atoms with Crippen LogP contribution in [-0.2, 0) is 12.5 Å². The van der Waals surface area contributed by atoms with Gasteiger partial charge in [-0.1, -0.05) is 28.1 Å². The highest BCUT2D eigenvalue weighted by molar-refractivity contribution is 9.10. The Kier molecular flexibility index (Phi) is 3.50. The smallest absolute Gasteiger partial charge is 0.286 e. The summed E-state index contributed by atoms with van der Waals surface area (Å²) < 4.78 is 27.2. The van der Waals surface area contributed by atoms with Crippen LogP contribution in [0.4, 0.5) is 8.78 Å². The molecule has 0 atom stereocenters. The summed E-state index contributed by atoms with van der Waals surface area (Å²) in [6.45, 7) is 0.243. The van der Waals surface area contributed by atoms with Gasteiger partial charge in [-0.2, -0.15) is 8.78 Å². The Balaban J connectivity index is 0.000000980. The van der Waals surface area contributed by atoms with Crippen LogP contribution in [0.25, 0.3) is 0 Å². The van der Waals surface area contributed by atoms with E-state index < -0.39 is 5.92 Å². The van der Waals surface area contributed by atoms with Gasteiger partial charge in [0.25, 0.3) is 5.92 Å². The Hall–Kier alpha value is -0.190. The molecule has 1 nitrogen and oxygen atoms in total. The summed E-state index contributed by atoms with van der Waals surface area (Å²) in [6, 6.07) is 5.14. The molecule has 1 aliphatic heterocycles. The Bertz CT molecular complexity index is 344. The molecule has 0 spiro atoms. The van der Waals surface area contributed by atoms with Crippen molar-refractivity contribution in [3.05, 3.63) is 33.8 Å². The summed E-state index contributed by atoms with van der Waals surface area (Å²) >= 11 is 3.15. The fourth-order valence-electron chi connectivity index (χ4n) is 1.57. The van der Waals surface area contributed by atoms with E-state index in [9.17, 15) is 8.78 Å². The monoisotopic (exact) mass is 283 g/mol. The Labute approximate surface area is 95.4 Å². The standard InChI is InChI=1S/C9H8BrF2N.ClH/c10-7-3-1-2-6-4-13-5-9(11,12)8(6)7;/h1-3,13H,4-5H2;1H. The van der Waals surface area contributed by atoms with E-state index in [1.165, 1.54) is 0 Å². The lowest BCUT2D eigenvalue weighted by molar-refractivity contribution is -0.0115. The maximum absolute atomic E-state index is 13.4. The van der Waals surface area contributed by atoms with Gasteiger partial charge in [-0.25, -0.2) is 0 Å². The Morgan fingerprint density at radius 2 is 2.07 bits per heavy atom. The number of hydrogen-bond acceptors (Lipinski definition) is 1. The molecule has 0 aromatic heterocycles. The van der Waals surface area contributed by atoms with Crippen LogP contribution < -0.4 is 5.32 Å². The Morgan fingerprint density at radius 1 is 1.36 bits per heavy atom. The first-order chi connectivity index (χ1) is 6.11. The second-order valence-corrected chi connectivity index (χ2v) is 3.94. The second-order valence-electron chi connectivity index (χ2n) is 3.08. The van der Waals surface area contributed by atoms with Gasteiger partial charge in [-0.3, -0.25) is 0 Å². The van der Waals surface area contributed by atoms with Crippen LogP contribution in [0.5, 0.6) is 0 Å². The molecule has 1 heterocycles. The number of rotatable bonds is 0. The van der Waals surface area contributed by atoms with Crippen molar-refractivity contribution in [3.63, 3.8) is 0 Å². The molecule has 0 unspecified atom stereocenters. The van der Waals surface area contributed by atoms with Crippen molar-refractivity contribution in [2.24, 2.45) is 0 Å². The predicted octanol–water partition coefficient (Wildman–Crippen LogP) is 3.07. The highest BCUT2D eigenvalue weighted by Gasteiger charge is 2.38. The van der Waals surface area contributed by atoms with Crippen molar-refractivity contribution in [1.82, 2.24) is 5.32 Å². The number of fused-ring (bicyclic) bond motifs is 1. The zero-order valence-electron chi connectivity index (χ0n) is 7.19. The summed E-state index contributed by atoms with van der Waals surface area (Å²) in [7, 11) is 0. The molecule has 0 amide bonds. The predicted molar refractivity (Wildman–Crippen MR) is 57.0 cm³/mol. The van der Waals surface area contributed by atoms with Crippen molar-refractivity contribution >= 4 is 28.3 Å². The van der Waals surface area contributed by atoms with Gasteiger partial charge < -0.3 is 5.32 Å². The quantitative estimate of drug-likeness (QED) is 0.772. The second kappa shape index (κ2) is 4.13. The molecule has 0 fully saturated rings. The van der Waals surface area contributed by atoms with E-state index in [0.29, 0.717) is 16.6 Å². The van der Waals surface area contributed by atoms with E-state index in [2.05, 4.69) is 21.2 Å². The minimum absolute atomic E-state index is 0. The molecule has 1 aromatic rings. The van der Waals surface area contributed by atoms with Gasteiger partial charge >= 0.3 is 0 Å². The van der Waals surface area contributed by atoms with Crippen LogP contribution in [0.3, 0.4) is 0 Å². The molecule has 0 radical (unpaired) electrons. The third kappa shape index (κ3) is 1.92. The fraction of sp³-hybridized carbons (Fsp3) is 0.333. The SMILES string of the molecule is Cl.FC1(F)CNCc2cccc(Br)c21. The lowest BCUT2D eigenvalue weighted by Gasteiger charge is -2.26. The molecule has 14 heavy (non-hydrogen) atoms. The molecule has 0 aliphatic carbocycles. The van der Waals surface area contributed by atoms with E-state index in [-0.39, 0.29) is 24.5 Å². The molecular weight excluding hydrogens is 275 g/mol. The first-order valence-corrected chi connectivity index (χ1v) is 4.77. The van der Waals surface area contributed by atoms with E-state index in [1.807, 2.05) is 0 Å². The van der Waals surface area contributed by atoms with Gasteiger partial charge in [-0.15, -0.1) is 12.4 Å². The molecule has 78 valence electrons. The molecule has 1 N–H and O–H groups in total. The molecule has 0 saturated heterocycles. The normalized spacial score (nSPS) is 18.2. The molecule has 1 aliphatic rings. The number of alkyl halides is 2. The van der Waals surface area contributed by atoms with Crippen LogP contribution in [-0.4, -0.2) is 6.54 Å². The summed E-state index contributed by atoms with van der Waals surface area (Å²) in [5.74, 6) is -2.76. The van der Waals surface area contributed by atoms with Crippen LogP contribution in [0.1, 0.15) is 11.1 Å². The van der Waals surface area contributed by atoms with E-state index in [4.69, 9.17) is 0 Å². The van der Waals surface area contributed by atoms with Gasteiger partial charge in [0, 0.05) is 16.6 Å². The first kappa shape index (κ1) is 11.9. The average Bonchev–Trinajstić information content (AvgIpc) is 2.02. The number of hydrogen-bond donors (Lipinski definition) is 1. The zero-order valence-corrected chi connectivity index (χ0v) is 9.59. The third-order valence-corrected chi connectivity index (χ3v) is 2.79. The van der Waals surface area contributed by atoms with Gasteiger partial charge in [0.15, 0.2) is 0 Å². The van der Waals surface area contributed by atoms with E-state index in [0.717, 1.165) is 0 Å². The fourth-order valence-corrected chi connectivity index (χ4v) is 2.27. The highest BCUT2D eigenvalue weighted by atomic mass is 79.9. The highest BCUT2D eigenvalue weighted by Crippen LogP contribution is 2.37. The van der Waals surface area contributed by atoms with Crippen molar-refractivity contribution in [2.45, 2.75) is 12.5 Å². The van der Waals surface area contributed by atoms with Gasteiger partial charge in [0.2, 0.25) is 0 Å². The summed E-state index contributed by atoms with van der Waals surface area (Å²) in [5.41, 5.74) is 0.805. The van der Waals surface area contributed by atoms with Crippen molar-refractivity contribution < 1.29 is 8.78 Å². The minimum atomic E-state index is -2.76. The average molecular weight is 285 g/mol. The molecule has 1 aromatic carbocycles. The molecule has 2 rings (SSSR count). The molecule has 0 bridgehead atoms. The van der Waals surface area contributed by atoms with Gasteiger partial charge in [-0.05, 0) is 11.6 Å². The molecule has 0 saturated carbocycles. The summed E-state index contributed by atoms with van der Waals surface area (Å²) in [6.07, 6.45) is 0. The van der Waals surface area contributed by atoms with Crippen LogP contribution in [0.2, 0.25) is 0 Å². The van der Waals surface area contributed by atoms with Crippen molar-refractivity contribution in [3.8, 4) is 0 Å². The maximum atomic E-state index is 13.4. The third-order valence-electron chi connectivity index (χ3n) is 2.13. The maximum Gasteiger partial charge on any atom is 0.286 e. The first-order valence-electron chi connectivity index (χ1n) is 3.98. The lowest BCUT2D eigenvalue weighted by atomic mass is 9.98. The zero-order chi connectivity index (χ0) is 9.47. The lowest BCUT2D eigenvalue weighted by Crippen LogP contribution is -2.37. The van der Waals surface area contributed by atoms with Gasteiger partial charge in [0.05, 0.1) is 6.54 Å². The number of nitrogens with one attached hydrogen (secondary N) is 1. The van der Waals surface area contributed by atoms with E-state index >= 15 is 0 Å². The Morgan fingerprint density at radius 3 is 2.71 bits per heavy atom. The van der Waals surface area contributed by atoms with Crippen LogP contribution in [0.15, 0.2) is 22.7 Å². The number of halogens is 4. The van der Waals surface area contributed by atoms with Crippen LogP contribution in [0, 0.1) is 0 Å². The topological polar surface area (TPSA) is 12.0 Å². The number of benzene rings is 1. The van der Waals surface area contributed by atoms with Crippen LogP contribution >= 0.6 is 28.3 Å². The van der Waals surface area contributed by atoms with Crippen molar-refractivity contribution in [2.75, 3.05) is 6.54 Å². The molecular formula is C9H9BrClF2N. The molecule has 5 heteroatoms. The van der Waals surface area contributed by atoms with E-state index in [1.54, 1.807) is 18.2 Å². The summed E-state index contributed by atoms with van der Waals surface area (Å²) in [5, 5.41) is 2.69. The van der Waals surface area contributed by atoms with Gasteiger partial charge in [0.1, 0.15) is 0 Å². The summed E-state index contributed by atoms with van der Waals surface area (Å²) in [4.78, 5) is 0.